The van der Waals surface area contributed by atoms with Gasteiger partial charge in [0, 0.05) is 0 Å². The molecule has 7 nitrogen and oxygen atoms in total. The third-order valence-electron chi connectivity index (χ3n) is 2.96. The Morgan fingerprint density at radius 1 is 1.17 bits per heavy atom. The van der Waals surface area contributed by atoms with Crippen LogP contribution in [0.1, 0.15) is 27.0 Å². The maximum Gasteiger partial charge on any atom is 0.349 e. The predicted octanol–water partition coefficient (Wildman–Crippen LogP) is 2.51. The molecule has 1 heterocycles. The van der Waals surface area contributed by atoms with Gasteiger partial charge in [0.05, 0.1) is 25.0 Å². The standard InChI is InChI=1S/C15H15NO6S2/c1-3-22-14(17)10-6-4-5-7-11(10)16-24(19,20)12-8-9-23-13(12)15(18)21-2/h4-9,16H,3H2,1-2H3. The Bertz CT molecular complexity index is 856. The Morgan fingerprint density at radius 2 is 1.88 bits per heavy atom. The molecular weight excluding hydrogens is 354 g/mol. The van der Waals surface area contributed by atoms with Crippen LogP contribution in [0.2, 0.25) is 0 Å². The molecule has 0 aliphatic rings. The summed E-state index contributed by atoms with van der Waals surface area (Å²) < 4.78 is 36.9. The highest BCUT2D eigenvalue weighted by Crippen LogP contribution is 2.26. The van der Waals surface area contributed by atoms with Crippen molar-refractivity contribution in [1.82, 2.24) is 0 Å². The van der Waals surface area contributed by atoms with Crippen molar-refractivity contribution < 1.29 is 27.5 Å². The van der Waals surface area contributed by atoms with Gasteiger partial charge in [0.15, 0.2) is 0 Å². The van der Waals surface area contributed by atoms with Crippen molar-refractivity contribution in [3.63, 3.8) is 0 Å². The fourth-order valence-electron chi connectivity index (χ4n) is 1.91. The quantitative estimate of drug-likeness (QED) is 0.786. The molecule has 0 spiro atoms. The van der Waals surface area contributed by atoms with E-state index in [0.717, 1.165) is 11.3 Å². The lowest BCUT2D eigenvalue weighted by Crippen LogP contribution is -2.18. The first kappa shape index (κ1) is 18.0. The number of anilines is 1. The smallest absolute Gasteiger partial charge is 0.349 e. The maximum absolute atomic E-state index is 12.6. The summed E-state index contributed by atoms with van der Waals surface area (Å²) in [6.45, 7) is 1.82. The van der Waals surface area contributed by atoms with Crippen LogP contribution in [-0.4, -0.2) is 34.1 Å². The first-order chi connectivity index (χ1) is 11.4. The van der Waals surface area contributed by atoms with E-state index in [1.54, 1.807) is 19.1 Å². The molecule has 0 aliphatic heterocycles. The molecule has 9 heteroatoms. The van der Waals surface area contributed by atoms with E-state index in [9.17, 15) is 18.0 Å². The third-order valence-corrected chi connectivity index (χ3v) is 5.39. The van der Waals surface area contributed by atoms with Crippen molar-refractivity contribution in [3.8, 4) is 0 Å². The molecule has 2 rings (SSSR count). The molecule has 0 bridgehead atoms. The summed E-state index contributed by atoms with van der Waals surface area (Å²) in [5, 5.41) is 1.47. The number of benzene rings is 1. The molecular formula is C15H15NO6S2. The average Bonchev–Trinajstić information content (AvgIpc) is 3.05. The van der Waals surface area contributed by atoms with Gasteiger partial charge in [-0.15, -0.1) is 11.3 Å². The lowest BCUT2D eigenvalue weighted by atomic mass is 10.2. The van der Waals surface area contributed by atoms with Gasteiger partial charge in [-0.25, -0.2) is 18.0 Å². The van der Waals surface area contributed by atoms with Gasteiger partial charge >= 0.3 is 11.9 Å². The highest BCUT2D eigenvalue weighted by atomic mass is 32.2. The number of carbonyl (C=O) groups excluding carboxylic acids is 2. The van der Waals surface area contributed by atoms with Gasteiger partial charge in [0.2, 0.25) is 0 Å². The lowest BCUT2D eigenvalue weighted by Gasteiger charge is -2.12. The molecule has 0 atom stereocenters. The number of carbonyl (C=O) groups is 2. The Morgan fingerprint density at radius 3 is 2.54 bits per heavy atom. The van der Waals surface area contributed by atoms with Gasteiger partial charge in [0.25, 0.3) is 10.0 Å². The minimum Gasteiger partial charge on any atom is -0.465 e. The first-order valence-corrected chi connectivity index (χ1v) is 9.21. The van der Waals surface area contributed by atoms with Gasteiger partial charge in [-0.1, -0.05) is 12.1 Å². The van der Waals surface area contributed by atoms with Crippen LogP contribution in [0.25, 0.3) is 0 Å². The maximum atomic E-state index is 12.6. The van der Waals surface area contributed by atoms with E-state index < -0.39 is 22.0 Å². The molecule has 128 valence electrons. The number of hydrogen-bond acceptors (Lipinski definition) is 7. The fraction of sp³-hybridized carbons (Fsp3) is 0.200. The number of sulfonamides is 1. The summed E-state index contributed by atoms with van der Waals surface area (Å²) in [6.07, 6.45) is 0. The van der Waals surface area contributed by atoms with E-state index in [-0.39, 0.29) is 27.6 Å². The number of rotatable bonds is 6. The molecule has 1 aromatic carbocycles. The summed E-state index contributed by atoms with van der Waals surface area (Å²) in [5.41, 5.74) is 0.149. The highest BCUT2D eigenvalue weighted by molar-refractivity contribution is 7.93. The fourth-order valence-corrected chi connectivity index (χ4v) is 4.32. The van der Waals surface area contributed by atoms with Crippen LogP contribution in [0.15, 0.2) is 40.6 Å². The van der Waals surface area contributed by atoms with E-state index in [2.05, 4.69) is 9.46 Å². The van der Waals surface area contributed by atoms with E-state index >= 15 is 0 Å². The Kier molecular flexibility index (Phi) is 5.58. The van der Waals surface area contributed by atoms with E-state index in [1.165, 1.54) is 30.7 Å². The van der Waals surface area contributed by atoms with Crippen molar-refractivity contribution in [2.75, 3.05) is 18.4 Å². The van der Waals surface area contributed by atoms with Crippen molar-refractivity contribution in [2.45, 2.75) is 11.8 Å². The highest BCUT2D eigenvalue weighted by Gasteiger charge is 2.26. The Hall–Kier alpha value is -2.39. The van der Waals surface area contributed by atoms with E-state index in [4.69, 9.17) is 4.74 Å². The molecule has 0 radical (unpaired) electrons. The average molecular weight is 369 g/mol. The number of para-hydroxylation sites is 1. The second kappa shape index (κ2) is 7.45. The van der Waals surface area contributed by atoms with Crippen LogP contribution < -0.4 is 4.72 Å². The topological polar surface area (TPSA) is 98.8 Å². The summed E-state index contributed by atoms with van der Waals surface area (Å²) in [6, 6.07) is 7.36. The number of hydrogen-bond donors (Lipinski definition) is 1. The zero-order valence-electron chi connectivity index (χ0n) is 12.9. The van der Waals surface area contributed by atoms with E-state index in [0.29, 0.717) is 0 Å². The van der Waals surface area contributed by atoms with Gasteiger partial charge in [0.1, 0.15) is 9.77 Å². The Balaban J connectivity index is 2.40. The minimum atomic E-state index is -4.07. The molecule has 0 saturated carbocycles. The van der Waals surface area contributed by atoms with Crippen molar-refractivity contribution >= 4 is 39.0 Å². The Labute approximate surface area is 143 Å². The second-order valence-corrected chi connectivity index (χ2v) is 7.04. The number of esters is 2. The monoisotopic (exact) mass is 369 g/mol. The van der Waals surface area contributed by atoms with Crippen LogP contribution in [0.5, 0.6) is 0 Å². The summed E-state index contributed by atoms with van der Waals surface area (Å²) in [4.78, 5) is 23.4. The largest absolute Gasteiger partial charge is 0.465 e. The number of methoxy groups -OCH3 is 1. The molecule has 1 N–H and O–H groups in total. The van der Waals surface area contributed by atoms with Crippen molar-refractivity contribution in [1.29, 1.82) is 0 Å². The normalized spacial score (nSPS) is 10.9. The van der Waals surface area contributed by atoms with Crippen LogP contribution in [0.4, 0.5) is 5.69 Å². The van der Waals surface area contributed by atoms with Crippen molar-refractivity contribution in [2.24, 2.45) is 0 Å². The molecule has 0 fully saturated rings. The van der Waals surface area contributed by atoms with Crippen LogP contribution in [-0.2, 0) is 19.5 Å². The van der Waals surface area contributed by atoms with Gasteiger partial charge < -0.3 is 9.47 Å². The van der Waals surface area contributed by atoms with Gasteiger partial charge in [-0.3, -0.25) is 4.72 Å². The van der Waals surface area contributed by atoms with Gasteiger partial charge in [-0.2, -0.15) is 0 Å². The zero-order valence-corrected chi connectivity index (χ0v) is 14.6. The van der Waals surface area contributed by atoms with E-state index in [1.807, 2.05) is 0 Å². The lowest BCUT2D eigenvalue weighted by molar-refractivity contribution is 0.0526. The van der Waals surface area contributed by atoms with Crippen LogP contribution >= 0.6 is 11.3 Å². The third kappa shape index (κ3) is 3.74. The van der Waals surface area contributed by atoms with Gasteiger partial charge in [-0.05, 0) is 30.5 Å². The molecule has 0 aliphatic carbocycles. The molecule has 0 unspecified atom stereocenters. The number of ether oxygens (including phenoxy) is 2. The zero-order chi connectivity index (χ0) is 17.7. The summed E-state index contributed by atoms with van der Waals surface area (Å²) in [5.74, 6) is -1.39. The number of nitrogens with one attached hydrogen (secondary N) is 1. The van der Waals surface area contributed by atoms with Crippen molar-refractivity contribution in [3.05, 3.63) is 46.2 Å². The molecule has 0 saturated heterocycles. The predicted molar refractivity (Wildman–Crippen MR) is 88.9 cm³/mol. The summed E-state index contributed by atoms with van der Waals surface area (Å²) >= 11 is 0.953. The molecule has 0 amide bonds. The summed E-state index contributed by atoms with van der Waals surface area (Å²) in [7, 11) is -2.91. The number of thiophene rings is 1. The van der Waals surface area contributed by atoms with Crippen LogP contribution in [0.3, 0.4) is 0 Å². The molecule has 1 aromatic heterocycles. The first-order valence-electron chi connectivity index (χ1n) is 6.85. The second-order valence-electron chi connectivity index (χ2n) is 4.48. The minimum absolute atomic E-state index is 0.0429. The van der Waals surface area contributed by atoms with Crippen LogP contribution in [0, 0.1) is 0 Å². The molecule has 2 aromatic rings. The SMILES string of the molecule is CCOC(=O)c1ccccc1NS(=O)(=O)c1ccsc1C(=O)OC. The molecule has 24 heavy (non-hydrogen) atoms.